The molecule has 0 aliphatic heterocycles. The van der Waals surface area contributed by atoms with Crippen LogP contribution in [0.3, 0.4) is 0 Å². The minimum Gasteiger partial charge on any atom is -0.322 e. The topological polar surface area (TPSA) is 26.0 Å². The fourth-order valence-electron chi connectivity index (χ4n) is 0.832. The lowest BCUT2D eigenvalue weighted by molar-refractivity contribution is 0.437. The highest BCUT2D eigenvalue weighted by Gasteiger charge is 2.06. The third kappa shape index (κ3) is 2.19. The number of alkyl halides is 1. The van der Waals surface area contributed by atoms with Crippen LogP contribution in [0.1, 0.15) is 11.6 Å². The first kappa shape index (κ1) is 9.96. The lowest BCUT2D eigenvalue weighted by Crippen LogP contribution is -2.11. The van der Waals surface area contributed by atoms with Crippen molar-refractivity contribution in [3.05, 3.63) is 33.3 Å². The van der Waals surface area contributed by atoms with E-state index in [2.05, 4.69) is 15.9 Å². The van der Waals surface area contributed by atoms with Crippen LogP contribution < -0.4 is 5.73 Å². The molecule has 1 nitrogen and oxygen atoms in total. The van der Waals surface area contributed by atoms with Crippen LogP contribution in [0.5, 0.6) is 0 Å². The summed E-state index contributed by atoms with van der Waals surface area (Å²) < 4.78 is 12.9. The predicted molar refractivity (Wildman–Crippen MR) is 52.1 cm³/mol. The Labute approximate surface area is 83.8 Å². The molecule has 0 saturated carbocycles. The van der Waals surface area contributed by atoms with E-state index in [0.717, 1.165) is 10.0 Å². The van der Waals surface area contributed by atoms with Gasteiger partial charge in [0.2, 0.25) is 0 Å². The van der Waals surface area contributed by atoms with Crippen molar-refractivity contribution in [1.82, 2.24) is 0 Å². The highest BCUT2D eigenvalue weighted by atomic mass is 79.9. The second-order valence-corrected chi connectivity index (χ2v) is 3.70. The lowest BCUT2D eigenvalue weighted by atomic mass is 10.1. The Morgan fingerprint density at radius 3 is 2.75 bits per heavy atom. The highest BCUT2D eigenvalue weighted by molar-refractivity contribution is 9.10. The van der Waals surface area contributed by atoms with Gasteiger partial charge in [0.25, 0.3) is 0 Å². The lowest BCUT2D eigenvalue weighted by Gasteiger charge is -2.07. The molecule has 1 atom stereocenters. The van der Waals surface area contributed by atoms with Crippen LogP contribution in [0.15, 0.2) is 22.7 Å². The monoisotopic (exact) mass is 251 g/mol. The molecule has 66 valence electrons. The minimum absolute atomic E-state index is 0.557. The predicted octanol–water partition coefficient (Wildman–Crippen LogP) is 3.07. The zero-order chi connectivity index (χ0) is 9.14. The van der Waals surface area contributed by atoms with E-state index in [1.54, 1.807) is 18.2 Å². The Hall–Kier alpha value is -0.120. The second kappa shape index (κ2) is 4.21. The van der Waals surface area contributed by atoms with Crippen molar-refractivity contribution < 1.29 is 4.39 Å². The average Bonchev–Trinajstić information content (AvgIpc) is 2.08. The molecule has 0 amide bonds. The quantitative estimate of drug-likeness (QED) is 0.860. The third-order valence-corrected chi connectivity index (χ3v) is 2.75. The molecule has 0 unspecified atom stereocenters. The molecule has 0 aromatic heterocycles. The summed E-state index contributed by atoms with van der Waals surface area (Å²) in [6.07, 6.45) is 0. The van der Waals surface area contributed by atoms with Gasteiger partial charge in [0, 0.05) is 4.47 Å². The number of benzene rings is 1. The summed E-state index contributed by atoms with van der Waals surface area (Å²) in [7, 11) is 0. The molecule has 0 fully saturated rings. The van der Waals surface area contributed by atoms with E-state index < -0.39 is 12.7 Å². The number of rotatable bonds is 2. The van der Waals surface area contributed by atoms with Gasteiger partial charge in [-0.25, -0.2) is 4.39 Å². The molecule has 2 N–H and O–H groups in total. The van der Waals surface area contributed by atoms with E-state index in [0.29, 0.717) is 5.02 Å². The van der Waals surface area contributed by atoms with Gasteiger partial charge in [-0.2, -0.15) is 0 Å². The van der Waals surface area contributed by atoms with Crippen LogP contribution in [-0.4, -0.2) is 6.67 Å². The van der Waals surface area contributed by atoms with Crippen molar-refractivity contribution in [3.63, 3.8) is 0 Å². The zero-order valence-corrected chi connectivity index (χ0v) is 8.57. The van der Waals surface area contributed by atoms with Crippen LogP contribution in [0.4, 0.5) is 4.39 Å². The van der Waals surface area contributed by atoms with Gasteiger partial charge in [-0.3, -0.25) is 0 Å². The smallest absolute Gasteiger partial charge is 0.109 e. The first-order chi connectivity index (χ1) is 5.65. The Morgan fingerprint density at radius 2 is 2.25 bits per heavy atom. The molecule has 0 aliphatic carbocycles. The summed E-state index contributed by atoms with van der Waals surface area (Å²) in [6.45, 7) is -0.561. The van der Waals surface area contributed by atoms with Gasteiger partial charge in [-0.1, -0.05) is 17.7 Å². The van der Waals surface area contributed by atoms with Crippen LogP contribution in [0.25, 0.3) is 0 Å². The minimum atomic E-state index is -0.561. The van der Waals surface area contributed by atoms with Crippen molar-refractivity contribution in [1.29, 1.82) is 0 Å². The number of halogens is 3. The van der Waals surface area contributed by atoms with Crippen LogP contribution in [0.2, 0.25) is 5.02 Å². The Bertz CT molecular complexity index is 280. The number of hydrogen-bond acceptors (Lipinski definition) is 1. The second-order valence-electron chi connectivity index (χ2n) is 2.43. The van der Waals surface area contributed by atoms with Gasteiger partial charge in [0.15, 0.2) is 0 Å². The SMILES string of the molecule is N[C@H](CF)c1ccc(Cl)c(Br)c1. The summed E-state index contributed by atoms with van der Waals surface area (Å²) in [6, 6.07) is 4.58. The van der Waals surface area contributed by atoms with Crippen LogP contribution >= 0.6 is 27.5 Å². The Balaban J connectivity index is 2.96. The average molecular weight is 253 g/mol. The zero-order valence-electron chi connectivity index (χ0n) is 6.23. The van der Waals surface area contributed by atoms with Gasteiger partial charge >= 0.3 is 0 Å². The maximum Gasteiger partial charge on any atom is 0.109 e. The summed E-state index contributed by atoms with van der Waals surface area (Å²) in [5.41, 5.74) is 6.22. The molecule has 0 aliphatic rings. The highest BCUT2D eigenvalue weighted by Crippen LogP contribution is 2.25. The molecule has 0 saturated heterocycles. The largest absolute Gasteiger partial charge is 0.322 e. The molecule has 0 spiro atoms. The molecule has 12 heavy (non-hydrogen) atoms. The maximum absolute atomic E-state index is 12.1. The fourth-order valence-corrected chi connectivity index (χ4v) is 1.35. The molecule has 1 aromatic carbocycles. The molecule has 1 aromatic rings. The normalized spacial score (nSPS) is 13.0. The standard InChI is InChI=1S/C8H8BrClFN/c9-6-3-5(8(12)4-11)1-2-7(6)10/h1-3,8H,4,12H2/t8-/m1/s1. The number of hydrogen-bond donors (Lipinski definition) is 1. The van der Waals surface area contributed by atoms with E-state index in [1.807, 2.05) is 0 Å². The Morgan fingerprint density at radius 1 is 1.58 bits per heavy atom. The van der Waals surface area contributed by atoms with E-state index in [-0.39, 0.29) is 0 Å². The van der Waals surface area contributed by atoms with Crippen molar-refractivity contribution in [2.75, 3.05) is 6.67 Å². The summed E-state index contributed by atoms with van der Waals surface area (Å²) in [4.78, 5) is 0. The van der Waals surface area contributed by atoms with Crippen molar-refractivity contribution in [3.8, 4) is 0 Å². The van der Waals surface area contributed by atoms with E-state index >= 15 is 0 Å². The molecular weight excluding hydrogens is 244 g/mol. The van der Waals surface area contributed by atoms with Crippen molar-refractivity contribution in [2.24, 2.45) is 5.73 Å². The van der Waals surface area contributed by atoms with Gasteiger partial charge < -0.3 is 5.73 Å². The molecule has 0 radical (unpaired) electrons. The van der Waals surface area contributed by atoms with Crippen molar-refractivity contribution in [2.45, 2.75) is 6.04 Å². The van der Waals surface area contributed by atoms with E-state index in [4.69, 9.17) is 17.3 Å². The Kier molecular flexibility index (Phi) is 3.50. The molecular formula is C8H8BrClFN. The van der Waals surface area contributed by atoms with Gasteiger partial charge in [0.1, 0.15) is 6.67 Å². The first-order valence-electron chi connectivity index (χ1n) is 3.41. The summed E-state index contributed by atoms with van der Waals surface area (Å²) in [5, 5.41) is 0.602. The van der Waals surface area contributed by atoms with E-state index in [1.165, 1.54) is 0 Å². The van der Waals surface area contributed by atoms with Gasteiger partial charge in [-0.15, -0.1) is 0 Å². The first-order valence-corrected chi connectivity index (χ1v) is 4.58. The molecule has 0 bridgehead atoms. The molecule has 1 rings (SSSR count). The van der Waals surface area contributed by atoms with Crippen molar-refractivity contribution >= 4 is 27.5 Å². The molecule has 4 heteroatoms. The van der Waals surface area contributed by atoms with Gasteiger partial charge in [-0.05, 0) is 33.6 Å². The maximum atomic E-state index is 12.1. The van der Waals surface area contributed by atoms with E-state index in [9.17, 15) is 4.39 Å². The van der Waals surface area contributed by atoms with Crippen LogP contribution in [0, 0.1) is 0 Å². The summed E-state index contributed by atoms with van der Waals surface area (Å²) in [5.74, 6) is 0. The molecule has 0 heterocycles. The third-order valence-electron chi connectivity index (χ3n) is 1.54. The summed E-state index contributed by atoms with van der Waals surface area (Å²) >= 11 is 8.98. The number of nitrogens with two attached hydrogens (primary N) is 1. The fraction of sp³-hybridized carbons (Fsp3) is 0.250. The van der Waals surface area contributed by atoms with Gasteiger partial charge in [0.05, 0.1) is 11.1 Å². The van der Waals surface area contributed by atoms with Crippen LogP contribution in [-0.2, 0) is 0 Å².